The summed E-state index contributed by atoms with van der Waals surface area (Å²) in [6.07, 6.45) is 0.931. The molecule has 0 aromatic carbocycles. The summed E-state index contributed by atoms with van der Waals surface area (Å²) in [7, 11) is 2.08. The van der Waals surface area contributed by atoms with Crippen LogP contribution in [0.15, 0.2) is 0 Å². The zero-order valence-corrected chi connectivity index (χ0v) is 19.3. The summed E-state index contributed by atoms with van der Waals surface area (Å²) in [6, 6.07) is 0. The van der Waals surface area contributed by atoms with E-state index in [1.165, 1.54) is 7.11 Å². The predicted molar refractivity (Wildman–Crippen MR) is 105 cm³/mol. The number of aliphatic carboxylic acids is 1. The van der Waals surface area contributed by atoms with Crippen LogP contribution in [0.4, 0.5) is 0 Å². The van der Waals surface area contributed by atoms with Gasteiger partial charge in [0.25, 0.3) is 0 Å². The van der Waals surface area contributed by atoms with Crippen LogP contribution in [0.2, 0.25) is 0 Å². The maximum atomic E-state index is 11.9. The molecule has 2 unspecified atom stereocenters. The lowest BCUT2D eigenvalue weighted by atomic mass is 9.84. The van der Waals surface area contributed by atoms with Crippen molar-refractivity contribution in [3.8, 4) is 0 Å². The molecule has 0 saturated carbocycles. The average molecular weight is 470 g/mol. The van der Waals surface area contributed by atoms with Crippen LogP contribution in [-0.4, -0.2) is 83.4 Å². The highest BCUT2D eigenvalue weighted by molar-refractivity contribution is 7.55. The molecule has 0 aromatic rings. The van der Waals surface area contributed by atoms with Crippen LogP contribution in [0.25, 0.3) is 0 Å². The fourth-order valence-electron chi connectivity index (χ4n) is 2.87. The molecule has 0 aromatic heterocycles. The summed E-state index contributed by atoms with van der Waals surface area (Å²) in [6.45, 7) is 1.16. The maximum absolute atomic E-state index is 11.9. The Hall–Kier alpha value is -2.01. The largest absolute Gasteiger partial charge is 0.481 e. The van der Waals surface area contributed by atoms with Gasteiger partial charge in [0.05, 0.1) is 40.1 Å². The Kier molecular flexibility index (Phi) is 13.9. The van der Waals surface area contributed by atoms with E-state index in [4.69, 9.17) is 9.84 Å². The van der Waals surface area contributed by atoms with Gasteiger partial charge in [0.15, 0.2) is 5.66 Å². The molecule has 0 spiro atoms. The van der Waals surface area contributed by atoms with Crippen molar-refractivity contribution in [2.24, 2.45) is 11.8 Å². The number of ether oxygens (including phenoxy) is 4. The van der Waals surface area contributed by atoms with E-state index in [0.717, 1.165) is 28.4 Å². The van der Waals surface area contributed by atoms with Gasteiger partial charge in [-0.15, -0.1) is 0 Å². The summed E-state index contributed by atoms with van der Waals surface area (Å²) in [5.74, 6) is -3.56. The van der Waals surface area contributed by atoms with Crippen LogP contribution in [0, 0.1) is 11.8 Å². The number of rotatable bonds is 10. The van der Waals surface area contributed by atoms with Gasteiger partial charge in [-0.05, 0) is 18.8 Å². The molecule has 1 aliphatic heterocycles. The highest BCUT2D eigenvalue weighted by Gasteiger charge is 2.42. The first-order valence-corrected chi connectivity index (χ1v) is 10.9. The number of methoxy groups -OCH3 is 3. The molecule has 0 aliphatic carbocycles. The fourth-order valence-corrected chi connectivity index (χ4v) is 4.26. The second kappa shape index (κ2) is 14.9. The Balaban J connectivity index is 0.000000581. The van der Waals surface area contributed by atoms with E-state index in [0.29, 0.717) is 26.1 Å². The Morgan fingerprint density at radius 1 is 0.903 bits per heavy atom. The highest BCUT2D eigenvalue weighted by atomic mass is 31.2. The van der Waals surface area contributed by atoms with E-state index >= 15 is 0 Å². The molecular weight excluding hydrogens is 439 g/mol. The first-order chi connectivity index (χ1) is 14.6. The molecule has 1 rings (SSSR count). The van der Waals surface area contributed by atoms with E-state index in [9.17, 15) is 23.7 Å². The van der Waals surface area contributed by atoms with Crippen LogP contribution >= 0.6 is 7.60 Å². The second-order valence-corrected chi connectivity index (χ2v) is 8.83. The SMILES string of the molecule is COC(=O)CC(C(=O)O)C1CCOCC1.COC(=O)CC(C(=O)OC)P(=O)(OC)OC. The molecule has 1 saturated heterocycles. The standard InChI is InChI=1S/C10H16O5.C8H15O7P/c1-14-9(11)6-8(10(12)13)7-2-4-15-5-3-7;1-12-7(9)5-6(8(10)13-2)16(11,14-3)15-4/h7-8H,2-6H2,1H3,(H,12,13);6H,5H2,1-4H3. The summed E-state index contributed by atoms with van der Waals surface area (Å²) in [5.41, 5.74) is -1.32. The van der Waals surface area contributed by atoms with E-state index in [-0.39, 0.29) is 12.3 Å². The van der Waals surface area contributed by atoms with Gasteiger partial charge in [-0.25, -0.2) is 0 Å². The molecule has 12 nitrogen and oxygen atoms in total. The zero-order chi connectivity index (χ0) is 24.0. The van der Waals surface area contributed by atoms with E-state index in [2.05, 4.69) is 23.3 Å². The monoisotopic (exact) mass is 470 g/mol. The second-order valence-electron chi connectivity index (χ2n) is 6.40. The van der Waals surface area contributed by atoms with E-state index < -0.39 is 49.5 Å². The topological polar surface area (TPSA) is 161 Å². The Bertz CT molecular complexity index is 635. The van der Waals surface area contributed by atoms with Crippen molar-refractivity contribution in [1.29, 1.82) is 0 Å². The first kappa shape index (κ1) is 29.0. The third-order valence-electron chi connectivity index (χ3n) is 4.72. The minimum absolute atomic E-state index is 0.0235. The Labute approximate surface area is 181 Å². The van der Waals surface area contributed by atoms with Gasteiger partial charge in [0.1, 0.15) is 0 Å². The quantitative estimate of drug-likeness (QED) is 0.277. The number of carbonyl (C=O) groups is 4. The third kappa shape index (κ3) is 9.77. The van der Waals surface area contributed by atoms with Crippen molar-refractivity contribution in [1.82, 2.24) is 0 Å². The van der Waals surface area contributed by atoms with Crippen molar-refractivity contribution in [3.05, 3.63) is 0 Å². The molecule has 1 heterocycles. The van der Waals surface area contributed by atoms with Crippen LogP contribution in [-0.2, 0) is 51.7 Å². The summed E-state index contributed by atoms with van der Waals surface area (Å²) < 4.78 is 39.7. The lowest BCUT2D eigenvalue weighted by Crippen LogP contribution is -2.31. The Morgan fingerprint density at radius 3 is 1.77 bits per heavy atom. The number of esters is 3. The van der Waals surface area contributed by atoms with Crippen molar-refractivity contribution < 1.29 is 56.8 Å². The highest BCUT2D eigenvalue weighted by Crippen LogP contribution is 2.53. The van der Waals surface area contributed by atoms with Crippen LogP contribution in [0.5, 0.6) is 0 Å². The molecule has 0 radical (unpaired) electrons. The number of hydrogen-bond acceptors (Lipinski definition) is 11. The van der Waals surface area contributed by atoms with Gasteiger partial charge in [0, 0.05) is 27.4 Å². The van der Waals surface area contributed by atoms with E-state index in [1.54, 1.807) is 0 Å². The summed E-state index contributed by atoms with van der Waals surface area (Å²) >= 11 is 0. The van der Waals surface area contributed by atoms with Gasteiger partial charge >= 0.3 is 31.5 Å². The number of carboxylic acids is 1. The van der Waals surface area contributed by atoms with Crippen molar-refractivity contribution >= 4 is 31.5 Å². The predicted octanol–water partition coefficient (Wildman–Crippen LogP) is 1.25. The van der Waals surface area contributed by atoms with Crippen LogP contribution in [0.1, 0.15) is 25.7 Å². The third-order valence-corrected chi connectivity index (χ3v) is 6.89. The van der Waals surface area contributed by atoms with Crippen LogP contribution < -0.4 is 0 Å². The first-order valence-electron chi connectivity index (χ1n) is 9.33. The number of hydrogen-bond donors (Lipinski definition) is 1. The van der Waals surface area contributed by atoms with Gasteiger partial charge < -0.3 is 33.1 Å². The smallest absolute Gasteiger partial charge is 0.344 e. The molecule has 1 aliphatic rings. The molecule has 2 atom stereocenters. The number of carbonyl (C=O) groups excluding carboxylic acids is 3. The molecule has 0 bridgehead atoms. The fraction of sp³-hybridized carbons (Fsp3) is 0.778. The minimum atomic E-state index is -3.71. The lowest BCUT2D eigenvalue weighted by molar-refractivity contribution is -0.153. The molecule has 180 valence electrons. The van der Waals surface area contributed by atoms with Gasteiger partial charge in [-0.2, -0.15) is 0 Å². The summed E-state index contributed by atoms with van der Waals surface area (Å²) in [4.78, 5) is 44.5. The minimum Gasteiger partial charge on any atom is -0.481 e. The lowest BCUT2D eigenvalue weighted by Gasteiger charge is -2.26. The molecule has 0 amide bonds. The molecule has 31 heavy (non-hydrogen) atoms. The van der Waals surface area contributed by atoms with Gasteiger partial charge in [-0.1, -0.05) is 0 Å². The normalized spacial score (nSPS) is 16.2. The van der Waals surface area contributed by atoms with Crippen LogP contribution in [0.3, 0.4) is 0 Å². The summed E-state index contributed by atoms with van der Waals surface area (Å²) in [5, 5.41) is 9.02. The van der Waals surface area contributed by atoms with Gasteiger partial charge in [0.2, 0.25) is 0 Å². The molecular formula is C18H31O12P. The Morgan fingerprint density at radius 2 is 1.39 bits per heavy atom. The average Bonchev–Trinajstić information content (AvgIpc) is 2.80. The van der Waals surface area contributed by atoms with Crippen molar-refractivity contribution in [3.63, 3.8) is 0 Å². The number of carboxylic acid groups (broad SMARTS) is 1. The maximum Gasteiger partial charge on any atom is 0.344 e. The van der Waals surface area contributed by atoms with Gasteiger partial charge in [-0.3, -0.25) is 23.7 Å². The van der Waals surface area contributed by atoms with Crippen molar-refractivity contribution in [2.45, 2.75) is 31.3 Å². The van der Waals surface area contributed by atoms with E-state index in [1.807, 2.05) is 0 Å². The molecule has 1 N–H and O–H groups in total. The molecule has 13 heteroatoms. The zero-order valence-electron chi connectivity index (χ0n) is 18.4. The van der Waals surface area contributed by atoms with Crippen molar-refractivity contribution in [2.75, 3.05) is 48.8 Å². The molecule has 1 fully saturated rings.